The number of fused-ring (bicyclic) bond motifs is 1. The number of hydrogen-bond donors (Lipinski definition) is 1. The van der Waals surface area contributed by atoms with Gasteiger partial charge in [0.15, 0.2) is 5.75 Å². The summed E-state index contributed by atoms with van der Waals surface area (Å²) in [5, 5.41) is 4.25. The third kappa shape index (κ3) is 3.42. The molecule has 0 aliphatic heterocycles. The fourth-order valence-corrected chi connectivity index (χ4v) is 3.69. The Kier molecular flexibility index (Phi) is 4.71. The summed E-state index contributed by atoms with van der Waals surface area (Å²) in [5.41, 5.74) is 1.30. The number of hydrogen-bond acceptors (Lipinski definition) is 4. The molecule has 1 aromatic heterocycles. The first-order chi connectivity index (χ1) is 11.1. The number of methoxy groups -OCH3 is 1. The second kappa shape index (κ2) is 6.74. The normalized spacial score (nSPS) is 10.7. The zero-order valence-electron chi connectivity index (χ0n) is 12.1. The molecule has 1 N–H and O–H groups in total. The van der Waals surface area contributed by atoms with Crippen LogP contribution in [-0.4, -0.2) is 18.0 Å². The number of para-hydroxylation sites is 1. The lowest BCUT2D eigenvalue weighted by molar-refractivity contribution is 0.0951. The zero-order valence-corrected chi connectivity index (χ0v) is 14.4. The maximum atomic E-state index is 12.2. The van der Waals surface area contributed by atoms with E-state index >= 15 is 0 Å². The Morgan fingerprint density at radius 2 is 1.96 bits per heavy atom. The molecule has 23 heavy (non-hydrogen) atoms. The van der Waals surface area contributed by atoms with Crippen molar-refractivity contribution >= 4 is 50.7 Å². The predicted molar refractivity (Wildman–Crippen MR) is 93.8 cm³/mol. The quantitative estimate of drug-likeness (QED) is 0.737. The Morgan fingerprint density at radius 1 is 1.26 bits per heavy atom. The Hall–Kier alpha value is -1.82. The van der Waals surface area contributed by atoms with Crippen LogP contribution in [0.1, 0.15) is 15.4 Å². The average Bonchev–Trinajstić information content (AvgIpc) is 2.95. The van der Waals surface area contributed by atoms with Gasteiger partial charge in [0.05, 0.1) is 33.9 Å². The molecule has 3 rings (SSSR count). The molecule has 3 aromatic rings. The second-order valence-electron chi connectivity index (χ2n) is 4.73. The van der Waals surface area contributed by atoms with E-state index in [1.54, 1.807) is 11.3 Å². The molecule has 7 heteroatoms. The molecule has 4 nitrogen and oxygen atoms in total. The van der Waals surface area contributed by atoms with Crippen LogP contribution < -0.4 is 10.1 Å². The number of halogens is 2. The number of thiazole rings is 1. The van der Waals surface area contributed by atoms with Crippen molar-refractivity contribution < 1.29 is 9.53 Å². The van der Waals surface area contributed by atoms with Crippen LogP contribution in [-0.2, 0) is 6.54 Å². The van der Waals surface area contributed by atoms with Gasteiger partial charge in [0, 0.05) is 5.56 Å². The number of ether oxygens (including phenoxy) is 1. The van der Waals surface area contributed by atoms with E-state index in [0.717, 1.165) is 15.2 Å². The van der Waals surface area contributed by atoms with E-state index in [4.69, 9.17) is 27.9 Å². The van der Waals surface area contributed by atoms with E-state index in [1.165, 1.54) is 19.2 Å². The summed E-state index contributed by atoms with van der Waals surface area (Å²) in [6.45, 7) is 0.347. The van der Waals surface area contributed by atoms with E-state index in [2.05, 4.69) is 10.3 Å². The molecule has 0 unspecified atom stereocenters. The van der Waals surface area contributed by atoms with E-state index < -0.39 is 0 Å². The first-order valence-corrected chi connectivity index (χ1v) is 8.31. The smallest absolute Gasteiger partial charge is 0.251 e. The van der Waals surface area contributed by atoms with Crippen molar-refractivity contribution in [1.82, 2.24) is 10.3 Å². The SMILES string of the molecule is COc1c(Cl)cc(C(=O)NCc2nc3ccccc3s2)cc1Cl. The summed E-state index contributed by atoms with van der Waals surface area (Å²) in [7, 11) is 1.47. The van der Waals surface area contributed by atoms with Crippen molar-refractivity contribution in [1.29, 1.82) is 0 Å². The lowest BCUT2D eigenvalue weighted by atomic mass is 10.2. The molecule has 1 heterocycles. The summed E-state index contributed by atoms with van der Waals surface area (Å²) in [6, 6.07) is 10.9. The number of aromatic nitrogens is 1. The molecule has 0 aliphatic rings. The van der Waals surface area contributed by atoms with Gasteiger partial charge in [-0.3, -0.25) is 4.79 Å². The molecule has 0 aliphatic carbocycles. The van der Waals surface area contributed by atoms with Crippen LogP contribution in [0, 0.1) is 0 Å². The number of nitrogens with zero attached hydrogens (tertiary/aromatic N) is 1. The van der Waals surface area contributed by atoms with Crippen LogP contribution in [0.2, 0.25) is 10.0 Å². The predicted octanol–water partition coefficient (Wildman–Crippen LogP) is 4.54. The fraction of sp³-hybridized carbons (Fsp3) is 0.125. The van der Waals surface area contributed by atoms with Gasteiger partial charge in [-0.1, -0.05) is 35.3 Å². The van der Waals surface area contributed by atoms with Crippen molar-refractivity contribution in [3.63, 3.8) is 0 Å². The highest BCUT2D eigenvalue weighted by atomic mass is 35.5. The van der Waals surface area contributed by atoms with Gasteiger partial charge < -0.3 is 10.1 Å². The Morgan fingerprint density at radius 3 is 2.61 bits per heavy atom. The van der Waals surface area contributed by atoms with Gasteiger partial charge in [-0.25, -0.2) is 4.98 Å². The van der Waals surface area contributed by atoms with Gasteiger partial charge in [0.25, 0.3) is 5.91 Å². The van der Waals surface area contributed by atoms with Crippen molar-refractivity contribution in [3.8, 4) is 5.75 Å². The molecule has 1 amide bonds. The van der Waals surface area contributed by atoms with E-state index in [-0.39, 0.29) is 5.91 Å². The van der Waals surface area contributed by atoms with Crippen LogP contribution in [0.4, 0.5) is 0 Å². The van der Waals surface area contributed by atoms with Crippen LogP contribution in [0.5, 0.6) is 5.75 Å². The van der Waals surface area contributed by atoms with Crippen LogP contribution in [0.25, 0.3) is 10.2 Å². The summed E-state index contributed by atoms with van der Waals surface area (Å²) in [6.07, 6.45) is 0. The second-order valence-corrected chi connectivity index (χ2v) is 6.66. The number of amides is 1. The third-order valence-electron chi connectivity index (χ3n) is 3.20. The summed E-state index contributed by atoms with van der Waals surface area (Å²) in [5.74, 6) is 0.0896. The maximum Gasteiger partial charge on any atom is 0.251 e. The molecule has 0 fully saturated rings. The Bertz CT molecular complexity index is 823. The molecule has 0 atom stereocenters. The van der Waals surface area contributed by atoms with Gasteiger partial charge in [-0.05, 0) is 24.3 Å². The highest BCUT2D eigenvalue weighted by Gasteiger charge is 2.14. The molecule has 0 saturated carbocycles. The van der Waals surface area contributed by atoms with Crippen molar-refractivity contribution in [2.75, 3.05) is 7.11 Å². The number of carbonyl (C=O) groups excluding carboxylic acids is 1. The van der Waals surface area contributed by atoms with Crippen LogP contribution >= 0.6 is 34.5 Å². The van der Waals surface area contributed by atoms with Crippen molar-refractivity contribution in [2.45, 2.75) is 6.54 Å². The first-order valence-electron chi connectivity index (χ1n) is 6.74. The van der Waals surface area contributed by atoms with E-state index in [0.29, 0.717) is 27.9 Å². The maximum absolute atomic E-state index is 12.2. The molecule has 0 radical (unpaired) electrons. The Labute approximate surface area is 147 Å². The average molecular weight is 367 g/mol. The molecule has 0 bridgehead atoms. The van der Waals surface area contributed by atoms with Gasteiger partial charge in [0.1, 0.15) is 5.01 Å². The van der Waals surface area contributed by atoms with Gasteiger partial charge in [-0.2, -0.15) is 0 Å². The summed E-state index contributed by atoms with van der Waals surface area (Å²) in [4.78, 5) is 16.7. The third-order valence-corrected chi connectivity index (χ3v) is 4.80. The number of nitrogens with one attached hydrogen (secondary N) is 1. The standard InChI is InChI=1S/C16H12Cl2N2O2S/c1-22-15-10(17)6-9(7-11(15)18)16(21)19-8-14-20-12-4-2-3-5-13(12)23-14/h2-7H,8H2,1H3,(H,19,21). The van der Waals surface area contributed by atoms with Gasteiger partial charge >= 0.3 is 0 Å². The topological polar surface area (TPSA) is 51.2 Å². The molecule has 118 valence electrons. The molecule has 0 saturated heterocycles. The summed E-state index contributed by atoms with van der Waals surface area (Å²) < 4.78 is 6.16. The molecule has 2 aromatic carbocycles. The Balaban J connectivity index is 1.74. The fourth-order valence-electron chi connectivity index (χ4n) is 2.14. The van der Waals surface area contributed by atoms with Crippen LogP contribution in [0.15, 0.2) is 36.4 Å². The van der Waals surface area contributed by atoms with Crippen LogP contribution in [0.3, 0.4) is 0 Å². The zero-order chi connectivity index (χ0) is 16.4. The molecular formula is C16H12Cl2N2O2S. The minimum absolute atomic E-state index is 0.268. The molecular weight excluding hydrogens is 355 g/mol. The largest absolute Gasteiger partial charge is 0.494 e. The minimum atomic E-state index is -0.268. The van der Waals surface area contributed by atoms with Crippen molar-refractivity contribution in [3.05, 3.63) is 57.0 Å². The van der Waals surface area contributed by atoms with Crippen molar-refractivity contribution in [2.24, 2.45) is 0 Å². The lowest BCUT2D eigenvalue weighted by Gasteiger charge is -2.08. The van der Waals surface area contributed by atoms with Gasteiger partial charge in [0.2, 0.25) is 0 Å². The number of benzene rings is 2. The summed E-state index contributed by atoms with van der Waals surface area (Å²) >= 11 is 13.6. The molecule has 0 spiro atoms. The number of rotatable bonds is 4. The van der Waals surface area contributed by atoms with Gasteiger partial charge in [-0.15, -0.1) is 11.3 Å². The van der Waals surface area contributed by atoms with E-state index in [1.807, 2.05) is 24.3 Å². The monoisotopic (exact) mass is 366 g/mol. The first kappa shape index (κ1) is 16.1. The van der Waals surface area contributed by atoms with E-state index in [9.17, 15) is 4.79 Å². The number of carbonyl (C=O) groups is 1. The minimum Gasteiger partial charge on any atom is -0.494 e. The highest BCUT2D eigenvalue weighted by Crippen LogP contribution is 2.33. The highest BCUT2D eigenvalue weighted by molar-refractivity contribution is 7.18. The lowest BCUT2D eigenvalue weighted by Crippen LogP contribution is -2.22.